The van der Waals surface area contributed by atoms with E-state index in [1.807, 2.05) is 58.0 Å². The summed E-state index contributed by atoms with van der Waals surface area (Å²) in [6.07, 6.45) is 1.63. The van der Waals surface area contributed by atoms with Crippen LogP contribution in [-0.2, 0) is 12.5 Å². The molecule has 210 valence electrons. The minimum atomic E-state index is -0.720. The molecule has 2 aromatic carbocycles. The van der Waals surface area contributed by atoms with Crippen molar-refractivity contribution in [3.05, 3.63) is 94.3 Å². The molecule has 0 aliphatic heterocycles. The zero-order chi connectivity index (χ0) is 29.3. The lowest BCUT2D eigenvalue weighted by atomic mass is 9.92. The van der Waals surface area contributed by atoms with E-state index in [0.29, 0.717) is 33.8 Å². The van der Waals surface area contributed by atoms with Crippen LogP contribution < -0.4 is 21.5 Å². The number of halogens is 1. The van der Waals surface area contributed by atoms with Gasteiger partial charge >= 0.3 is 6.03 Å². The Hall–Kier alpha value is -5.06. The fourth-order valence-electron chi connectivity index (χ4n) is 4.28. The normalized spacial score (nSPS) is 12.2. The molecular weight excluding hydrogens is 525 g/mol. The van der Waals surface area contributed by atoms with Crippen LogP contribution in [0, 0.1) is 5.82 Å². The number of nitrogens with one attached hydrogen (secondary N) is 3. The van der Waals surface area contributed by atoms with Crippen molar-refractivity contribution in [2.75, 3.05) is 16.0 Å². The molecule has 0 saturated heterocycles. The van der Waals surface area contributed by atoms with Crippen LogP contribution >= 0.6 is 0 Å². The Bertz CT molecular complexity index is 1790. The quantitative estimate of drug-likeness (QED) is 0.226. The Labute approximate surface area is 235 Å². The first-order valence-electron chi connectivity index (χ1n) is 13.0. The van der Waals surface area contributed by atoms with Gasteiger partial charge in [-0.3, -0.25) is 14.7 Å². The number of fused-ring (bicyclic) bond motifs is 1. The first-order chi connectivity index (χ1) is 19.5. The summed E-state index contributed by atoms with van der Waals surface area (Å²) in [5.41, 5.74) is 2.18. The maximum Gasteiger partial charge on any atom is 0.326 e. The van der Waals surface area contributed by atoms with Crippen LogP contribution in [0.4, 0.5) is 26.7 Å². The molecular formula is C30H30FN7O3. The molecule has 0 fully saturated rings. The molecule has 10 nitrogen and oxygen atoms in total. The van der Waals surface area contributed by atoms with Gasteiger partial charge in [-0.1, -0.05) is 62.3 Å². The zero-order valence-corrected chi connectivity index (χ0v) is 23.3. The number of carbonyl (C=O) groups excluding carboxylic acids is 1. The molecule has 5 aromatic rings. The molecule has 0 bridgehead atoms. The van der Waals surface area contributed by atoms with E-state index in [-0.39, 0.29) is 28.6 Å². The smallest absolute Gasteiger partial charge is 0.326 e. The zero-order valence-electron chi connectivity index (χ0n) is 23.3. The van der Waals surface area contributed by atoms with Gasteiger partial charge in [0.25, 0.3) is 5.56 Å². The minimum absolute atomic E-state index is 0.0446. The van der Waals surface area contributed by atoms with Gasteiger partial charge in [-0.05, 0) is 36.2 Å². The summed E-state index contributed by atoms with van der Waals surface area (Å²) >= 11 is 0. The van der Waals surface area contributed by atoms with E-state index < -0.39 is 11.8 Å². The second-order valence-electron chi connectivity index (χ2n) is 10.8. The molecule has 0 spiro atoms. The van der Waals surface area contributed by atoms with Crippen molar-refractivity contribution < 1.29 is 13.7 Å². The highest BCUT2D eigenvalue weighted by atomic mass is 19.1. The molecule has 41 heavy (non-hydrogen) atoms. The summed E-state index contributed by atoms with van der Waals surface area (Å²) in [4.78, 5) is 34.9. The van der Waals surface area contributed by atoms with Crippen LogP contribution in [0.3, 0.4) is 0 Å². The number of hydrogen-bond acceptors (Lipinski definition) is 7. The standard InChI is InChI=1S/C30H30FN7O3/c1-17(18-9-7-6-8-10-18)33-28-32-16-20-13-21(27(39)38(5)26(20)36-28)19-11-12-22(31)23(14-19)34-29(40)35-25-15-24(37-41-25)30(2,3)4/h6-17H,1-5H3,(H,32,33,36)(H2,34,35,40)/t17-/m0/s1. The third-order valence-electron chi connectivity index (χ3n) is 6.63. The predicted octanol–water partition coefficient (Wildman–Crippen LogP) is 6.24. The van der Waals surface area contributed by atoms with E-state index in [9.17, 15) is 14.0 Å². The number of aromatic nitrogens is 4. The van der Waals surface area contributed by atoms with E-state index in [1.54, 1.807) is 25.4 Å². The maximum absolute atomic E-state index is 14.7. The Morgan fingerprint density at radius 1 is 1.05 bits per heavy atom. The van der Waals surface area contributed by atoms with E-state index in [2.05, 4.69) is 31.1 Å². The van der Waals surface area contributed by atoms with Crippen LogP contribution in [0.15, 0.2) is 76.2 Å². The first kappa shape index (κ1) is 27.5. The molecule has 5 rings (SSSR count). The monoisotopic (exact) mass is 555 g/mol. The Morgan fingerprint density at radius 3 is 2.51 bits per heavy atom. The highest BCUT2D eigenvalue weighted by molar-refractivity contribution is 5.99. The topological polar surface area (TPSA) is 127 Å². The molecule has 0 saturated carbocycles. The second-order valence-corrected chi connectivity index (χ2v) is 10.8. The molecule has 1 atom stereocenters. The molecule has 0 radical (unpaired) electrons. The summed E-state index contributed by atoms with van der Waals surface area (Å²) in [5.74, 6) is -0.155. The van der Waals surface area contributed by atoms with Gasteiger partial charge in [-0.2, -0.15) is 4.98 Å². The summed E-state index contributed by atoms with van der Waals surface area (Å²) in [6, 6.07) is 16.4. The number of nitrogens with zero attached hydrogens (tertiary/aromatic N) is 4. The van der Waals surface area contributed by atoms with Crippen LogP contribution in [0.1, 0.15) is 45.0 Å². The summed E-state index contributed by atoms with van der Waals surface area (Å²) in [7, 11) is 1.62. The third-order valence-corrected chi connectivity index (χ3v) is 6.63. The number of rotatable bonds is 6. The van der Waals surface area contributed by atoms with E-state index in [1.165, 1.54) is 22.8 Å². The Balaban J connectivity index is 1.39. The molecule has 3 aromatic heterocycles. The van der Waals surface area contributed by atoms with Crippen LogP contribution in [0.25, 0.3) is 22.2 Å². The van der Waals surface area contributed by atoms with Crippen molar-refractivity contribution in [3.8, 4) is 11.1 Å². The summed E-state index contributed by atoms with van der Waals surface area (Å²) < 4.78 is 21.3. The summed E-state index contributed by atoms with van der Waals surface area (Å²) in [6.45, 7) is 7.88. The average Bonchev–Trinajstić information content (AvgIpc) is 3.42. The van der Waals surface area contributed by atoms with Gasteiger partial charge in [0.1, 0.15) is 11.5 Å². The van der Waals surface area contributed by atoms with Crippen molar-refractivity contribution in [3.63, 3.8) is 0 Å². The van der Waals surface area contributed by atoms with E-state index >= 15 is 0 Å². The number of pyridine rings is 1. The lowest BCUT2D eigenvalue weighted by molar-refractivity contribution is 0.261. The van der Waals surface area contributed by atoms with Crippen LogP contribution in [0.5, 0.6) is 0 Å². The van der Waals surface area contributed by atoms with Crippen molar-refractivity contribution >= 4 is 34.6 Å². The van der Waals surface area contributed by atoms with Crippen molar-refractivity contribution in [1.29, 1.82) is 0 Å². The number of aryl methyl sites for hydroxylation is 1. The van der Waals surface area contributed by atoms with Gasteiger partial charge in [0.15, 0.2) is 0 Å². The predicted molar refractivity (Wildman–Crippen MR) is 156 cm³/mol. The molecule has 3 heterocycles. The maximum atomic E-state index is 14.7. The lowest BCUT2D eigenvalue weighted by Gasteiger charge is -2.15. The van der Waals surface area contributed by atoms with Gasteiger partial charge in [-0.15, -0.1) is 0 Å². The van der Waals surface area contributed by atoms with Crippen molar-refractivity contribution in [2.45, 2.75) is 39.2 Å². The molecule has 3 N–H and O–H groups in total. The molecule has 11 heteroatoms. The van der Waals surface area contributed by atoms with Gasteiger partial charge in [0.05, 0.1) is 17.4 Å². The molecule has 0 aliphatic rings. The molecule has 0 aliphatic carbocycles. The first-order valence-corrected chi connectivity index (χ1v) is 13.0. The van der Waals surface area contributed by atoms with Crippen molar-refractivity contribution in [2.24, 2.45) is 7.05 Å². The third kappa shape index (κ3) is 5.93. The SMILES string of the molecule is C[C@H](Nc1ncc2cc(-c3ccc(F)c(NC(=O)Nc4cc(C(C)(C)C)no4)c3)c(=O)n(C)c2n1)c1ccccc1. The number of amides is 2. The average molecular weight is 556 g/mol. The van der Waals surface area contributed by atoms with Crippen LogP contribution in [0.2, 0.25) is 0 Å². The highest BCUT2D eigenvalue weighted by Gasteiger charge is 2.20. The van der Waals surface area contributed by atoms with Gasteiger partial charge < -0.3 is 15.2 Å². The summed E-state index contributed by atoms with van der Waals surface area (Å²) in [5, 5.41) is 12.8. The fourth-order valence-corrected chi connectivity index (χ4v) is 4.28. The number of hydrogen-bond donors (Lipinski definition) is 3. The van der Waals surface area contributed by atoms with E-state index in [4.69, 9.17) is 4.52 Å². The van der Waals surface area contributed by atoms with Gasteiger partial charge in [0, 0.05) is 35.7 Å². The number of carbonyl (C=O) groups is 1. The number of benzene rings is 2. The number of anilines is 3. The molecule has 2 amide bonds. The number of urea groups is 1. The minimum Gasteiger partial charge on any atom is -0.348 e. The lowest BCUT2D eigenvalue weighted by Crippen LogP contribution is -2.21. The highest BCUT2D eigenvalue weighted by Crippen LogP contribution is 2.27. The van der Waals surface area contributed by atoms with Gasteiger partial charge in [-0.25, -0.2) is 14.2 Å². The Morgan fingerprint density at radius 2 is 1.80 bits per heavy atom. The fraction of sp³-hybridized carbons (Fsp3) is 0.233. The van der Waals surface area contributed by atoms with Crippen LogP contribution in [-0.4, -0.2) is 25.7 Å². The van der Waals surface area contributed by atoms with E-state index in [0.717, 1.165) is 5.56 Å². The van der Waals surface area contributed by atoms with Gasteiger partial charge in [0.2, 0.25) is 11.8 Å². The second kappa shape index (κ2) is 10.8. The molecule has 0 unspecified atom stereocenters. The Kier molecular flexibility index (Phi) is 7.27. The largest absolute Gasteiger partial charge is 0.348 e. The van der Waals surface area contributed by atoms with Crippen molar-refractivity contribution in [1.82, 2.24) is 19.7 Å².